The maximum atomic E-state index is 5.69. The molecule has 0 aliphatic carbocycles. The molecule has 27 heavy (non-hydrogen) atoms. The zero-order valence-corrected chi connectivity index (χ0v) is 15.9. The fourth-order valence-corrected chi connectivity index (χ4v) is 3.44. The summed E-state index contributed by atoms with van der Waals surface area (Å²) in [5.41, 5.74) is 3.50. The van der Waals surface area contributed by atoms with E-state index in [1.54, 1.807) is 6.20 Å². The van der Waals surface area contributed by atoms with Gasteiger partial charge in [0.25, 0.3) is 0 Å². The quantitative estimate of drug-likeness (QED) is 0.687. The van der Waals surface area contributed by atoms with Crippen LogP contribution in [0.25, 0.3) is 0 Å². The van der Waals surface area contributed by atoms with Crippen molar-refractivity contribution in [2.45, 2.75) is 39.3 Å². The Morgan fingerprint density at radius 3 is 2.63 bits per heavy atom. The molecule has 138 valence electrons. The van der Waals surface area contributed by atoms with Gasteiger partial charge in [-0.25, -0.2) is 4.98 Å². The fourth-order valence-electron chi connectivity index (χ4n) is 3.44. The van der Waals surface area contributed by atoms with Crippen LogP contribution in [0.2, 0.25) is 0 Å². The fraction of sp³-hybridized carbons (Fsp3) is 0.273. The minimum absolute atomic E-state index is 0.165. The molecule has 4 rings (SSSR count). The first-order valence-corrected chi connectivity index (χ1v) is 9.34. The lowest BCUT2D eigenvalue weighted by Gasteiger charge is -2.23. The van der Waals surface area contributed by atoms with E-state index in [1.807, 2.05) is 44.2 Å². The van der Waals surface area contributed by atoms with Crippen LogP contribution in [0.4, 0.5) is 23.1 Å². The topological polar surface area (TPSA) is 50.3 Å². The highest BCUT2D eigenvalue weighted by molar-refractivity contribution is 5.68. The predicted molar refractivity (Wildman–Crippen MR) is 109 cm³/mol. The molecule has 3 aromatic rings. The summed E-state index contributed by atoms with van der Waals surface area (Å²) in [7, 11) is 0. The van der Waals surface area contributed by atoms with E-state index in [1.165, 1.54) is 11.3 Å². The van der Waals surface area contributed by atoms with Crippen LogP contribution < -0.4 is 15.0 Å². The first-order valence-electron chi connectivity index (χ1n) is 9.34. The molecule has 1 aromatic heterocycles. The van der Waals surface area contributed by atoms with Gasteiger partial charge < -0.3 is 15.0 Å². The van der Waals surface area contributed by atoms with E-state index in [0.29, 0.717) is 6.04 Å². The van der Waals surface area contributed by atoms with Crippen LogP contribution in [-0.2, 0) is 6.42 Å². The zero-order chi connectivity index (χ0) is 18.8. The lowest BCUT2D eigenvalue weighted by Crippen LogP contribution is -2.25. The average molecular weight is 360 g/mol. The van der Waals surface area contributed by atoms with Gasteiger partial charge in [0, 0.05) is 23.6 Å². The molecule has 0 saturated carbocycles. The van der Waals surface area contributed by atoms with Crippen molar-refractivity contribution in [3.05, 3.63) is 66.4 Å². The molecule has 5 nitrogen and oxygen atoms in total. The van der Waals surface area contributed by atoms with Crippen molar-refractivity contribution < 1.29 is 4.74 Å². The number of ether oxygens (including phenoxy) is 1. The molecule has 2 aromatic carbocycles. The highest BCUT2D eigenvalue weighted by atomic mass is 16.5. The number of hydrogen-bond donors (Lipinski definition) is 1. The first-order chi connectivity index (χ1) is 13.1. The minimum Gasteiger partial charge on any atom is -0.491 e. The van der Waals surface area contributed by atoms with Gasteiger partial charge >= 0.3 is 0 Å². The normalized spacial score (nSPS) is 15.7. The van der Waals surface area contributed by atoms with Gasteiger partial charge in [0.15, 0.2) is 0 Å². The van der Waals surface area contributed by atoms with Gasteiger partial charge in [0.2, 0.25) is 5.95 Å². The molecular formula is C22H24N4O. The minimum atomic E-state index is 0.165. The standard InChI is InChI=1S/C22H24N4O/c1-15(2)27-19-10-8-18(9-11-19)24-21-12-13-23-22(25-21)26-16(3)14-17-6-4-5-7-20(17)26/h4-13,15-16H,14H2,1-3H3,(H,23,24,25). The maximum absolute atomic E-state index is 5.69. The van der Waals surface area contributed by atoms with Crippen LogP contribution >= 0.6 is 0 Å². The van der Waals surface area contributed by atoms with Crippen molar-refractivity contribution in [1.29, 1.82) is 0 Å². The second-order valence-corrected chi connectivity index (χ2v) is 7.11. The van der Waals surface area contributed by atoms with Crippen LogP contribution in [0.3, 0.4) is 0 Å². The van der Waals surface area contributed by atoms with Crippen molar-refractivity contribution in [1.82, 2.24) is 9.97 Å². The molecule has 1 unspecified atom stereocenters. The van der Waals surface area contributed by atoms with Crippen molar-refractivity contribution in [3.8, 4) is 5.75 Å². The molecule has 1 N–H and O–H groups in total. The number of rotatable bonds is 5. The second-order valence-electron chi connectivity index (χ2n) is 7.11. The number of anilines is 4. The van der Waals surface area contributed by atoms with Crippen LogP contribution in [0.5, 0.6) is 5.75 Å². The lowest BCUT2D eigenvalue weighted by atomic mass is 10.1. The zero-order valence-electron chi connectivity index (χ0n) is 15.9. The number of para-hydroxylation sites is 1. The Balaban J connectivity index is 1.55. The maximum Gasteiger partial charge on any atom is 0.232 e. The number of fused-ring (bicyclic) bond motifs is 1. The molecule has 0 amide bonds. The number of aromatic nitrogens is 2. The Bertz CT molecular complexity index is 924. The van der Waals surface area contributed by atoms with Crippen LogP contribution in [-0.4, -0.2) is 22.1 Å². The van der Waals surface area contributed by atoms with E-state index in [4.69, 9.17) is 9.72 Å². The number of nitrogens with zero attached hydrogens (tertiary/aromatic N) is 3. The lowest BCUT2D eigenvalue weighted by molar-refractivity contribution is 0.242. The monoisotopic (exact) mass is 360 g/mol. The molecule has 0 fully saturated rings. The molecule has 1 aliphatic heterocycles. The largest absolute Gasteiger partial charge is 0.491 e. The van der Waals surface area contributed by atoms with E-state index >= 15 is 0 Å². The summed E-state index contributed by atoms with van der Waals surface area (Å²) in [6.07, 6.45) is 2.97. The highest BCUT2D eigenvalue weighted by Gasteiger charge is 2.28. The molecule has 2 heterocycles. The number of hydrogen-bond acceptors (Lipinski definition) is 5. The van der Waals surface area contributed by atoms with E-state index in [-0.39, 0.29) is 6.10 Å². The van der Waals surface area contributed by atoms with Crippen LogP contribution in [0.15, 0.2) is 60.8 Å². The second kappa shape index (κ2) is 7.27. The van der Waals surface area contributed by atoms with E-state index in [2.05, 4.69) is 46.4 Å². The Morgan fingerprint density at radius 1 is 1.07 bits per heavy atom. The van der Waals surface area contributed by atoms with E-state index < -0.39 is 0 Å². The Morgan fingerprint density at radius 2 is 1.85 bits per heavy atom. The third-order valence-electron chi connectivity index (χ3n) is 4.56. The summed E-state index contributed by atoms with van der Waals surface area (Å²) in [5, 5.41) is 3.35. The van der Waals surface area contributed by atoms with Gasteiger partial charge in [-0.3, -0.25) is 0 Å². The van der Waals surface area contributed by atoms with Crippen molar-refractivity contribution >= 4 is 23.1 Å². The number of benzene rings is 2. The SMILES string of the molecule is CC(C)Oc1ccc(Nc2ccnc(N3c4ccccc4CC3C)n2)cc1. The van der Waals surface area contributed by atoms with E-state index in [9.17, 15) is 0 Å². The molecule has 0 radical (unpaired) electrons. The summed E-state index contributed by atoms with van der Waals surface area (Å²) in [6.45, 7) is 6.25. The molecule has 5 heteroatoms. The number of nitrogens with one attached hydrogen (secondary N) is 1. The third-order valence-corrected chi connectivity index (χ3v) is 4.56. The third kappa shape index (κ3) is 3.72. The molecule has 1 aliphatic rings. The van der Waals surface area contributed by atoms with Crippen molar-refractivity contribution in [2.24, 2.45) is 0 Å². The van der Waals surface area contributed by atoms with Crippen molar-refractivity contribution in [2.75, 3.05) is 10.2 Å². The van der Waals surface area contributed by atoms with Gasteiger partial charge in [-0.15, -0.1) is 0 Å². The Labute approximate surface area is 160 Å². The molecular weight excluding hydrogens is 336 g/mol. The molecule has 1 atom stereocenters. The van der Waals surface area contributed by atoms with Gasteiger partial charge in [0.1, 0.15) is 11.6 Å². The van der Waals surface area contributed by atoms with Gasteiger partial charge in [-0.2, -0.15) is 4.98 Å². The Kier molecular flexibility index (Phi) is 4.67. The van der Waals surface area contributed by atoms with Crippen LogP contribution in [0.1, 0.15) is 26.3 Å². The molecule has 0 spiro atoms. The summed E-state index contributed by atoms with van der Waals surface area (Å²) in [4.78, 5) is 11.5. The van der Waals surface area contributed by atoms with E-state index in [0.717, 1.165) is 29.6 Å². The summed E-state index contributed by atoms with van der Waals surface area (Å²) in [5.74, 6) is 2.35. The summed E-state index contributed by atoms with van der Waals surface area (Å²) >= 11 is 0. The smallest absolute Gasteiger partial charge is 0.232 e. The van der Waals surface area contributed by atoms with Crippen molar-refractivity contribution in [3.63, 3.8) is 0 Å². The molecule has 0 bridgehead atoms. The first kappa shape index (κ1) is 17.3. The van der Waals surface area contributed by atoms with Crippen LogP contribution in [0, 0.1) is 0 Å². The average Bonchev–Trinajstić information content (AvgIpc) is 2.99. The molecule has 0 saturated heterocycles. The highest BCUT2D eigenvalue weighted by Crippen LogP contribution is 2.36. The Hall–Kier alpha value is -3.08. The van der Waals surface area contributed by atoms with Gasteiger partial charge in [-0.05, 0) is 69.2 Å². The summed E-state index contributed by atoms with van der Waals surface area (Å²) < 4.78 is 5.69. The summed E-state index contributed by atoms with van der Waals surface area (Å²) in [6, 6.07) is 18.6. The van der Waals surface area contributed by atoms with Gasteiger partial charge in [0.05, 0.1) is 6.10 Å². The predicted octanol–water partition coefficient (Wildman–Crippen LogP) is 5.09. The van der Waals surface area contributed by atoms with Gasteiger partial charge in [-0.1, -0.05) is 18.2 Å².